The number of hydrogen-bond acceptors (Lipinski definition) is 6. The number of aromatic nitrogens is 5. The van der Waals surface area contributed by atoms with Gasteiger partial charge in [-0.15, -0.1) is 0 Å². The molecule has 3 heterocycles. The molecule has 8 nitrogen and oxygen atoms in total. The maximum absolute atomic E-state index is 13.1. The number of aromatic amines is 1. The second kappa shape index (κ2) is 6.99. The maximum Gasteiger partial charge on any atom is 0.267 e. The average Bonchev–Trinajstić information content (AvgIpc) is 3.19. The van der Waals surface area contributed by atoms with Gasteiger partial charge < -0.3 is 11.1 Å². The van der Waals surface area contributed by atoms with Crippen LogP contribution in [0.4, 0.5) is 11.6 Å². The highest BCUT2D eigenvalue weighted by molar-refractivity contribution is 5.93. The van der Waals surface area contributed by atoms with Crippen LogP contribution in [0.2, 0.25) is 0 Å². The summed E-state index contributed by atoms with van der Waals surface area (Å²) in [5.41, 5.74) is 7.81. The second-order valence-electron chi connectivity index (χ2n) is 6.84. The summed E-state index contributed by atoms with van der Waals surface area (Å²) in [6, 6.07) is 16.9. The van der Waals surface area contributed by atoms with Crippen LogP contribution in [0.5, 0.6) is 0 Å². The number of para-hydroxylation sites is 2. The first-order chi connectivity index (χ1) is 14.2. The SMILES string of the molecule is NCCCc1cc(Nc2nc3nc4ccccc4c(=O)n3c3ccccc23)n[nH]1. The van der Waals surface area contributed by atoms with Gasteiger partial charge in [-0.3, -0.25) is 9.89 Å². The fourth-order valence-electron chi connectivity index (χ4n) is 3.51. The molecule has 0 unspecified atom stereocenters. The van der Waals surface area contributed by atoms with E-state index in [2.05, 4.69) is 25.5 Å². The molecule has 0 fully saturated rings. The monoisotopic (exact) mass is 385 g/mol. The minimum absolute atomic E-state index is 0.135. The molecule has 3 aromatic heterocycles. The highest BCUT2D eigenvalue weighted by Crippen LogP contribution is 2.25. The van der Waals surface area contributed by atoms with Crippen molar-refractivity contribution >= 4 is 39.2 Å². The Balaban J connectivity index is 1.70. The van der Waals surface area contributed by atoms with Gasteiger partial charge in [-0.05, 0) is 43.7 Å². The van der Waals surface area contributed by atoms with E-state index in [-0.39, 0.29) is 5.56 Å². The molecule has 2 aromatic carbocycles. The van der Waals surface area contributed by atoms with E-state index in [1.54, 1.807) is 10.5 Å². The summed E-state index contributed by atoms with van der Waals surface area (Å²) >= 11 is 0. The first-order valence-electron chi connectivity index (χ1n) is 9.46. The Morgan fingerprint density at radius 1 is 1.03 bits per heavy atom. The van der Waals surface area contributed by atoms with Crippen molar-refractivity contribution in [1.29, 1.82) is 0 Å². The molecule has 0 amide bonds. The van der Waals surface area contributed by atoms with Crippen molar-refractivity contribution in [2.45, 2.75) is 12.8 Å². The number of aryl methyl sites for hydroxylation is 1. The maximum atomic E-state index is 13.1. The molecule has 0 saturated carbocycles. The number of benzene rings is 2. The van der Waals surface area contributed by atoms with Crippen molar-refractivity contribution in [3.05, 3.63) is 70.6 Å². The second-order valence-corrected chi connectivity index (χ2v) is 6.84. The summed E-state index contributed by atoms with van der Waals surface area (Å²) in [7, 11) is 0. The number of H-pyrrole nitrogens is 1. The molecule has 0 aliphatic heterocycles. The molecule has 4 N–H and O–H groups in total. The predicted octanol–water partition coefficient (Wildman–Crippen LogP) is 2.75. The van der Waals surface area contributed by atoms with Gasteiger partial charge in [0.25, 0.3) is 5.56 Å². The van der Waals surface area contributed by atoms with E-state index in [4.69, 9.17) is 5.73 Å². The van der Waals surface area contributed by atoms with Gasteiger partial charge in [0.1, 0.15) is 5.82 Å². The van der Waals surface area contributed by atoms with E-state index in [0.717, 1.165) is 29.4 Å². The lowest BCUT2D eigenvalue weighted by Crippen LogP contribution is -2.18. The smallest absolute Gasteiger partial charge is 0.267 e. The van der Waals surface area contributed by atoms with E-state index in [1.165, 1.54) is 0 Å². The Bertz CT molecular complexity index is 1400. The number of nitrogens with two attached hydrogens (primary N) is 1. The molecule has 0 atom stereocenters. The molecule has 0 bridgehead atoms. The van der Waals surface area contributed by atoms with Crippen LogP contribution in [-0.4, -0.2) is 31.1 Å². The molecule has 5 aromatic rings. The lowest BCUT2D eigenvalue weighted by Gasteiger charge is -2.11. The topological polar surface area (TPSA) is 114 Å². The Hall–Kier alpha value is -3.78. The fraction of sp³-hybridized carbons (Fsp3) is 0.143. The molecule has 0 radical (unpaired) electrons. The molecule has 0 saturated heterocycles. The van der Waals surface area contributed by atoms with E-state index >= 15 is 0 Å². The van der Waals surface area contributed by atoms with Crippen LogP contribution in [0, 0.1) is 0 Å². The summed E-state index contributed by atoms with van der Waals surface area (Å²) in [6.45, 7) is 0.632. The van der Waals surface area contributed by atoms with Crippen molar-refractivity contribution < 1.29 is 0 Å². The third-order valence-corrected chi connectivity index (χ3v) is 4.90. The molecular formula is C21H19N7O. The number of rotatable bonds is 5. The van der Waals surface area contributed by atoms with Crippen LogP contribution in [0.15, 0.2) is 59.4 Å². The van der Waals surface area contributed by atoms with Gasteiger partial charge in [-0.1, -0.05) is 24.3 Å². The summed E-state index contributed by atoms with van der Waals surface area (Å²) < 4.78 is 1.56. The molecule has 29 heavy (non-hydrogen) atoms. The third kappa shape index (κ3) is 2.99. The van der Waals surface area contributed by atoms with Crippen molar-refractivity contribution in [1.82, 2.24) is 24.6 Å². The largest absolute Gasteiger partial charge is 0.330 e. The van der Waals surface area contributed by atoms with Crippen molar-refractivity contribution in [3.8, 4) is 0 Å². The van der Waals surface area contributed by atoms with Crippen LogP contribution in [0.3, 0.4) is 0 Å². The van der Waals surface area contributed by atoms with E-state index in [9.17, 15) is 4.79 Å². The lowest BCUT2D eigenvalue weighted by molar-refractivity contribution is 0.804. The Morgan fingerprint density at radius 3 is 2.69 bits per heavy atom. The highest BCUT2D eigenvalue weighted by atomic mass is 16.1. The average molecular weight is 385 g/mol. The van der Waals surface area contributed by atoms with Crippen LogP contribution >= 0.6 is 0 Å². The molecule has 5 rings (SSSR count). The number of nitrogens with zero attached hydrogens (tertiary/aromatic N) is 4. The summed E-state index contributed by atoms with van der Waals surface area (Å²) in [5, 5.41) is 12.0. The Morgan fingerprint density at radius 2 is 1.83 bits per heavy atom. The molecule has 0 spiro atoms. The highest BCUT2D eigenvalue weighted by Gasteiger charge is 2.14. The van der Waals surface area contributed by atoms with E-state index in [0.29, 0.717) is 34.9 Å². The Labute approximate surface area is 165 Å². The van der Waals surface area contributed by atoms with Crippen molar-refractivity contribution in [3.63, 3.8) is 0 Å². The first-order valence-corrected chi connectivity index (χ1v) is 9.46. The van der Waals surface area contributed by atoms with Crippen LogP contribution in [0.25, 0.3) is 27.6 Å². The predicted molar refractivity (Wildman–Crippen MR) is 114 cm³/mol. The van der Waals surface area contributed by atoms with Gasteiger partial charge in [0.15, 0.2) is 5.82 Å². The summed E-state index contributed by atoms with van der Waals surface area (Å²) in [5.74, 6) is 1.59. The lowest BCUT2D eigenvalue weighted by atomic mass is 10.2. The summed E-state index contributed by atoms with van der Waals surface area (Å²) in [6.07, 6.45) is 1.72. The molecule has 8 heteroatoms. The third-order valence-electron chi connectivity index (χ3n) is 4.90. The van der Waals surface area contributed by atoms with Crippen LogP contribution in [-0.2, 0) is 6.42 Å². The number of hydrogen-bond donors (Lipinski definition) is 3. The molecule has 144 valence electrons. The van der Waals surface area contributed by atoms with E-state index < -0.39 is 0 Å². The van der Waals surface area contributed by atoms with Gasteiger partial charge in [-0.2, -0.15) is 10.1 Å². The van der Waals surface area contributed by atoms with Gasteiger partial charge in [-0.25, -0.2) is 9.38 Å². The van der Waals surface area contributed by atoms with Gasteiger partial charge in [0.05, 0.1) is 16.4 Å². The minimum Gasteiger partial charge on any atom is -0.330 e. The number of anilines is 2. The van der Waals surface area contributed by atoms with Gasteiger partial charge in [0, 0.05) is 17.1 Å². The first kappa shape index (κ1) is 17.3. The normalized spacial score (nSPS) is 11.5. The standard InChI is InChI=1S/C21H19N7O/c22-11-5-6-13-12-18(27-26-13)24-19-15-8-2-4-10-17(15)28-20(29)14-7-1-3-9-16(14)23-21(28)25-19/h1-4,7-10,12H,5-6,11,22H2,(H2,23,24,25,26,27). The Kier molecular flexibility index (Phi) is 4.18. The van der Waals surface area contributed by atoms with Crippen molar-refractivity contribution in [2.24, 2.45) is 5.73 Å². The van der Waals surface area contributed by atoms with E-state index in [1.807, 2.05) is 48.5 Å². The quantitative estimate of drug-likeness (QED) is 0.317. The number of nitrogens with one attached hydrogen (secondary N) is 2. The summed E-state index contributed by atoms with van der Waals surface area (Å²) in [4.78, 5) is 22.4. The van der Waals surface area contributed by atoms with Gasteiger partial charge in [0.2, 0.25) is 5.78 Å². The van der Waals surface area contributed by atoms with Gasteiger partial charge >= 0.3 is 0 Å². The number of fused-ring (bicyclic) bond motifs is 4. The zero-order valence-corrected chi connectivity index (χ0v) is 15.6. The zero-order valence-electron chi connectivity index (χ0n) is 15.6. The molecule has 0 aliphatic rings. The minimum atomic E-state index is -0.135. The zero-order chi connectivity index (χ0) is 19.8. The van der Waals surface area contributed by atoms with Crippen molar-refractivity contribution in [2.75, 3.05) is 11.9 Å². The van der Waals surface area contributed by atoms with Crippen LogP contribution in [0.1, 0.15) is 12.1 Å². The molecule has 0 aliphatic carbocycles. The fourth-order valence-corrected chi connectivity index (χ4v) is 3.51. The van der Waals surface area contributed by atoms with Crippen LogP contribution < -0.4 is 16.6 Å². The molecular weight excluding hydrogens is 366 g/mol.